The summed E-state index contributed by atoms with van der Waals surface area (Å²) in [5.41, 5.74) is 5.46. The Balaban J connectivity index is 0.00000112. The number of aromatic nitrogens is 1. The Labute approximate surface area is 161 Å². The molecule has 0 unspecified atom stereocenters. The zero-order chi connectivity index (χ0) is 16.2. The fourth-order valence-corrected chi connectivity index (χ4v) is 1.70. The molecule has 1 heterocycles. The van der Waals surface area contributed by atoms with E-state index in [4.69, 9.17) is 31.6 Å². The van der Waals surface area contributed by atoms with Crippen molar-refractivity contribution in [3.63, 3.8) is 0 Å². The van der Waals surface area contributed by atoms with Gasteiger partial charge in [-0.1, -0.05) is 60.4 Å². The second-order valence-electron chi connectivity index (χ2n) is 3.69. The largest absolute Gasteiger partial charge is 0.870 e. The first-order valence-corrected chi connectivity index (χ1v) is 11.8. The van der Waals surface area contributed by atoms with Crippen LogP contribution in [0.15, 0.2) is 59.8 Å². The molecule has 9 heteroatoms. The molecule has 0 aliphatic rings. The van der Waals surface area contributed by atoms with Crippen molar-refractivity contribution in [2.75, 3.05) is 6.26 Å². The van der Waals surface area contributed by atoms with E-state index < -0.39 is 0 Å². The van der Waals surface area contributed by atoms with Crippen molar-refractivity contribution in [2.45, 2.75) is 0 Å². The molecule has 4 nitrogen and oxygen atoms in total. The van der Waals surface area contributed by atoms with E-state index in [1.54, 1.807) is 6.20 Å². The molecule has 23 heavy (non-hydrogen) atoms. The van der Waals surface area contributed by atoms with Gasteiger partial charge in [-0.05, 0) is 18.4 Å². The van der Waals surface area contributed by atoms with Crippen molar-refractivity contribution >= 4 is 53.4 Å². The monoisotopic (exact) mass is 477 g/mol. The number of hydrogen-bond acceptors (Lipinski definition) is 5. The second-order valence-corrected chi connectivity index (χ2v) is 7.66. The maximum atomic E-state index is 5.10. The van der Waals surface area contributed by atoms with Crippen LogP contribution < -0.4 is 5.43 Å². The van der Waals surface area contributed by atoms with Crippen LogP contribution in [0.2, 0.25) is 0 Å². The van der Waals surface area contributed by atoms with Gasteiger partial charge in [0.25, 0.3) is 0 Å². The van der Waals surface area contributed by atoms with Crippen molar-refractivity contribution in [1.82, 2.24) is 10.4 Å². The van der Waals surface area contributed by atoms with Crippen LogP contribution in [-0.2, 0) is 15.1 Å². The molecule has 2 N–H and O–H groups in total. The third-order valence-corrected chi connectivity index (χ3v) is 3.45. The number of hydrogen-bond donors (Lipinski definition) is 1. The number of nitrogens with one attached hydrogen (secondary N) is 1. The SMILES string of the molecule is CSC(=S)NN=C(c1ccccc1)c1ccccn1.[Cl][Rh][Cl].[OH-]. The first kappa shape index (κ1) is 22.4. The molecule has 0 spiro atoms. The van der Waals surface area contributed by atoms with Crippen molar-refractivity contribution in [2.24, 2.45) is 5.10 Å². The molecule has 0 saturated carbocycles. The molecule has 1 aromatic carbocycles. The molecule has 0 saturated heterocycles. The Bertz CT molecular complexity index is 562. The predicted octanol–water partition coefficient (Wildman–Crippen LogP) is 4.27. The first-order valence-electron chi connectivity index (χ1n) is 5.95. The van der Waals surface area contributed by atoms with Crippen LogP contribution in [0.4, 0.5) is 0 Å². The van der Waals surface area contributed by atoms with Crippen LogP contribution in [-0.4, -0.2) is 26.7 Å². The summed E-state index contributed by atoms with van der Waals surface area (Å²) in [5, 5.41) is 4.38. The van der Waals surface area contributed by atoms with Gasteiger partial charge in [0.2, 0.25) is 0 Å². The van der Waals surface area contributed by atoms with Crippen LogP contribution >= 0.6 is 43.4 Å². The van der Waals surface area contributed by atoms with Crippen molar-refractivity contribution in [3.8, 4) is 0 Å². The van der Waals surface area contributed by atoms with Gasteiger partial charge in [0.05, 0.1) is 5.69 Å². The van der Waals surface area contributed by atoms with Gasteiger partial charge in [-0.2, -0.15) is 5.10 Å². The van der Waals surface area contributed by atoms with E-state index in [2.05, 4.69) is 15.5 Å². The van der Waals surface area contributed by atoms with Crippen LogP contribution in [0, 0.1) is 0 Å². The molecule has 0 aliphatic carbocycles. The number of rotatable bonds is 3. The maximum Gasteiger partial charge on any atom is -0.870 e. The molecular weight excluding hydrogens is 464 g/mol. The summed E-state index contributed by atoms with van der Waals surface area (Å²) in [6, 6.07) is 15.7. The normalized spacial score (nSPS) is 10.1. The summed E-state index contributed by atoms with van der Waals surface area (Å²) in [6.45, 7) is 0. The summed E-state index contributed by atoms with van der Waals surface area (Å²) in [7, 11) is 9.67. The Morgan fingerprint density at radius 1 is 1.17 bits per heavy atom. The zero-order valence-corrected chi connectivity index (χ0v) is 16.7. The summed E-state index contributed by atoms with van der Waals surface area (Å²) in [6.07, 6.45) is 3.66. The molecule has 0 radical (unpaired) electrons. The third kappa shape index (κ3) is 8.75. The molecule has 0 amide bonds. The minimum Gasteiger partial charge on any atom is -0.870 e. The molecule has 0 fully saturated rings. The molecule has 0 aliphatic heterocycles. The Morgan fingerprint density at radius 2 is 1.78 bits per heavy atom. The van der Waals surface area contributed by atoms with E-state index in [-0.39, 0.29) is 20.6 Å². The molecule has 0 bridgehead atoms. The Hall–Kier alpha value is -0.557. The van der Waals surface area contributed by atoms with Gasteiger partial charge in [0, 0.05) is 11.8 Å². The molecule has 2 rings (SSSR count). The van der Waals surface area contributed by atoms with E-state index in [0.29, 0.717) is 4.32 Å². The Kier molecular flexibility index (Phi) is 13.5. The van der Waals surface area contributed by atoms with Gasteiger partial charge in [-0.15, -0.1) is 0 Å². The Morgan fingerprint density at radius 3 is 2.30 bits per heavy atom. The van der Waals surface area contributed by atoms with E-state index in [0.717, 1.165) is 17.0 Å². The van der Waals surface area contributed by atoms with E-state index in [1.807, 2.05) is 54.8 Å². The average molecular weight is 478 g/mol. The van der Waals surface area contributed by atoms with Gasteiger partial charge in [0.15, 0.2) is 4.32 Å². The number of benzene rings is 1. The average Bonchev–Trinajstić information content (AvgIpc) is 2.57. The molecule has 2 aromatic rings. The van der Waals surface area contributed by atoms with Gasteiger partial charge in [0.1, 0.15) is 5.71 Å². The summed E-state index contributed by atoms with van der Waals surface area (Å²) in [5.74, 6) is 0. The molecule has 0 atom stereocenters. The minimum absolute atomic E-state index is 0. The fraction of sp³-hybridized carbons (Fsp3) is 0.0714. The van der Waals surface area contributed by atoms with E-state index in [1.165, 1.54) is 11.8 Å². The van der Waals surface area contributed by atoms with Gasteiger partial charge < -0.3 is 5.48 Å². The number of thioether (sulfide) groups is 1. The van der Waals surface area contributed by atoms with Crippen molar-refractivity contribution in [1.29, 1.82) is 0 Å². The van der Waals surface area contributed by atoms with Crippen LogP contribution in [0.25, 0.3) is 0 Å². The molecule has 1 aromatic heterocycles. The minimum atomic E-state index is -0.226. The topological polar surface area (TPSA) is 67.3 Å². The molecule has 127 valence electrons. The maximum absolute atomic E-state index is 5.10. The van der Waals surface area contributed by atoms with Gasteiger partial charge >= 0.3 is 34.5 Å². The van der Waals surface area contributed by atoms with Gasteiger partial charge in [-0.25, -0.2) is 0 Å². The van der Waals surface area contributed by atoms with E-state index >= 15 is 0 Å². The second kappa shape index (κ2) is 13.8. The standard InChI is InChI=1S/C14H13N3S2.2ClH.H2O.Rh/c1-19-14(18)17-16-13(11-7-3-2-4-8-11)12-9-5-6-10-15-12;;;;/h2-10H,1H3,(H,17,18);2*1H;1H2;/q;;;;+2/p-3. The first-order chi connectivity index (χ1) is 10.7. The zero-order valence-electron chi connectivity index (χ0n) is 11.9. The summed E-state index contributed by atoms with van der Waals surface area (Å²) in [4.78, 5) is 4.34. The van der Waals surface area contributed by atoms with Crippen LogP contribution in [0.5, 0.6) is 0 Å². The number of hydrazone groups is 1. The summed E-state index contributed by atoms with van der Waals surface area (Å²) >= 11 is 6.32. The van der Waals surface area contributed by atoms with Crippen LogP contribution in [0.1, 0.15) is 11.3 Å². The number of thiocarbonyl (C=S) groups is 1. The van der Waals surface area contributed by atoms with Crippen molar-refractivity contribution < 1.29 is 20.6 Å². The van der Waals surface area contributed by atoms with Crippen LogP contribution in [0.3, 0.4) is 0 Å². The van der Waals surface area contributed by atoms with Gasteiger partial charge in [-0.3, -0.25) is 10.4 Å². The van der Waals surface area contributed by atoms with E-state index in [9.17, 15) is 0 Å². The quantitative estimate of drug-likeness (QED) is 0.309. The predicted molar refractivity (Wildman–Crippen MR) is 99.2 cm³/mol. The summed E-state index contributed by atoms with van der Waals surface area (Å²) < 4.78 is 0.629. The fourth-order valence-electron chi connectivity index (χ4n) is 1.52. The van der Waals surface area contributed by atoms with Crippen molar-refractivity contribution in [3.05, 3.63) is 66.0 Å². The number of pyridine rings is 1. The molecular formula is C14H14Cl2N3ORhS2-. The number of nitrogens with zero attached hydrogens (tertiary/aromatic N) is 2. The third-order valence-electron chi connectivity index (χ3n) is 2.40. The number of halogens is 2. The smallest absolute Gasteiger partial charge is 0.870 e.